The normalized spacial score (nSPS) is 18.1. The number of morpholine rings is 1. The molecule has 1 fully saturated rings. The SMILES string of the molecule is CCC(=O)N(CCN1CCOCC1)CC(=O)N1N=C(c2cccc(OC)c2)C[C@H]1c1ccccc1Cl. The van der Waals surface area contributed by atoms with Crippen molar-refractivity contribution in [1.29, 1.82) is 0 Å². The predicted molar refractivity (Wildman–Crippen MR) is 139 cm³/mol. The lowest BCUT2D eigenvalue weighted by molar-refractivity contribution is -0.141. The minimum absolute atomic E-state index is 0.0349. The summed E-state index contributed by atoms with van der Waals surface area (Å²) < 4.78 is 10.8. The lowest BCUT2D eigenvalue weighted by Gasteiger charge is -2.31. The van der Waals surface area contributed by atoms with Gasteiger partial charge in [0.05, 0.1) is 32.1 Å². The molecule has 2 aromatic rings. The molecule has 0 saturated carbocycles. The van der Waals surface area contributed by atoms with Crippen molar-refractivity contribution >= 4 is 29.1 Å². The van der Waals surface area contributed by atoms with Gasteiger partial charge in [-0.3, -0.25) is 14.5 Å². The van der Waals surface area contributed by atoms with Gasteiger partial charge >= 0.3 is 0 Å². The molecule has 8 nitrogen and oxygen atoms in total. The molecule has 0 radical (unpaired) electrons. The zero-order chi connectivity index (χ0) is 25.5. The molecule has 0 bridgehead atoms. The van der Waals surface area contributed by atoms with E-state index >= 15 is 0 Å². The summed E-state index contributed by atoms with van der Waals surface area (Å²) in [6.07, 6.45) is 0.848. The number of benzene rings is 2. The molecule has 2 aliphatic heterocycles. The van der Waals surface area contributed by atoms with Crippen LogP contribution in [-0.2, 0) is 14.3 Å². The number of methoxy groups -OCH3 is 1. The summed E-state index contributed by atoms with van der Waals surface area (Å²) in [7, 11) is 1.62. The Hall–Kier alpha value is -2.94. The summed E-state index contributed by atoms with van der Waals surface area (Å²) in [5, 5.41) is 6.82. The Morgan fingerprint density at radius 3 is 2.67 bits per heavy atom. The molecular weight excluding hydrogens is 480 g/mol. The van der Waals surface area contributed by atoms with Gasteiger partial charge < -0.3 is 14.4 Å². The van der Waals surface area contributed by atoms with Crippen LogP contribution in [0.25, 0.3) is 0 Å². The monoisotopic (exact) mass is 512 g/mol. The van der Waals surface area contributed by atoms with E-state index in [4.69, 9.17) is 26.2 Å². The lowest BCUT2D eigenvalue weighted by atomic mass is 9.98. The van der Waals surface area contributed by atoms with E-state index in [2.05, 4.69) is 4.90 Å². The van der Waals surface area contributed by atoms with Crippen molar-refractivity contribution in [2.75, 3.05) is 53.0 Å². The predicted octanol–water partition coefficient (Wildman–Crippen LogP) is 3.60. The zero-order valence-corrected chi connectivity index (χ0v) is 21.6. The first kappa shape index (κ1) is 26.1. The number of halogens is 1. The highest BCUT2D eigenvalue weighted by Gasteiger charge is 2.35. The van der Waals surface area contributed by atoms with Gasteiger partial charge in [0.25, 0.3) is 5.91 Å². The van der Waals surface area contributed by atoms with Crippen LogP contribution >= 0.6 is 11.6 Å². The van der Waals surface area contributed by atoms with Gasteiger partial charge in [-0.25, -0.2) is 5.01 Å². The van der Waals surface area contributed by atoms with Gasteiger partial charge in [0.2, 0.25) is 5.91 Å². The molecule has 36 heavy (non-hydrogen) atoms. The fourth-order valence-electron chi connectivity index (χ4n) is 4.54. The van der Waals surface area contributed by atoms with E-state index in [9.17, 15) is 9.59 Å². The average molecular weight is 513 g/mol. The molecule has 0 N–H and O–H groups in total. The number of carbonyl (C=O) groups excluding carboxylic acids is 2. The van der Waals surface area contributed by atoms with Crippen LogP contribution in [-0.4, -0.2) is 85.4 Å². The fraction of sp³-hybridized carbons (Fsp3) is 0.444. The van der Waals surface area contributed by atoms with Crippen molar-refractivity contribution < 1.29 is 19.1 Å². The summed E-state index contributed by atoms with van der Waals surface area (Å²) in [6, 6.07) is 14.8. The van der Waals surface area contributed by atoms with Gasteiger partial charge in [0, 0.05) is 49.6 Å². The number of hydrazone groups is 1. The second-order valence-electron chi connectivity index (χ2n) is 8.88. The van der Waals surface area contributed by atoms with Crippen LogP contribution in [0.3, 0.4) is 0 Å². The maximum atomic E-state index is 13.6. The number of hydrogen-bond acceptors (Lipinski definition) is 6. The highest BCUT2D eigenvalue weighted by Crippen LogP contribution is 2.36. The molecule has 4 rings (SSSR count). The molecule has 192 valence electrons. The first-order valence-corrected chi connectivity index (χ1v) is 12.7. The molecule has 1 saturated heterocycles. The van der Waals surface area contributed by atoms with E-state index in [0.717, 1.165) is 35.7 Å². The van der Waals surface area contributed by atoms with Crippen molar-refractivity contribution in [3.8, 4) is 5.75 Å². The molecule has 2 aromatic carbocycles. The maximum absolute atomic E-state index is 13.6. The zero-order valence-electron chi connectivity index (χ0n) is 20.9. The van der Waals surface area contributed by atoms with Crippen molar-refractivity contribution in [1.82, 2.24) is 14.8 Å². The minimum Gasteiger partial charge on any atom is -0.497 e. The summed E-state index contributed by atoms with van der Waals surface area (Å²) in [5.41, 5.74) is 2.49. The van der Waals surface area contributed by atoms with Crippen LogP contribution in [0.2, 0.25) is 5.02 Å². The molecule has 0 unspecified atom stereocenters. The van der Waals surface area contributed by atoms with Crippen LogP contribution in [0, 0.1) is 0 Å². The largest absolute Gasteiger partial charge is 0.497 e. The Bertz CT molecular complexity index is 1100. The number of nitrogens with zero attached hydrogens (tertiary/aromatic N) is 4. The molecular formula is C27H33ClN4O4. The third kappa shape index (κ3) is 6.24. The Kier molecular flexibility index (Phi) is 8.96. The van der Waals surface area contributed by atoms with Crippen molar-refractivity contribution in [3.63, 3.8) is 0 Å². The maximum Gasteiger partial charge on any atom is 0.262 e. The van der Waals surface area contributed by atoms with E-state index in [1.807, 2.05) is 55.5 Å². The molecule has 1 atom stereocenters. The Labute approximate surface area is 217 Å². The van der Waals surface area contributed by atoms with Gasteiger partial charge in [-0.05, 0) is 23.8 Å². The third-order valence-corrected chi connectivity index (χ3v) is 6.95. The standard InChI is InChI=1S/C27H33ClN4O4/c1-3-26(33)31(12-11-30-13-15-36-16-14-30)19-27(34)32-25(22-9-4-5-10-23(22)28)18-24(29-32)20-7-6-8-21(17-20)35-2/h4-10,17,25H,3,11-16,18-19H2,1-2H3/t25-/m0/s1. The van der Waals surface area contributed by atoms with Crippen molar-refractivity contribution in [2.45, 2.75) is 25.8 Å². The van der Waals surface area contributed by atoms with E-state index in [1.165, 1.54) is 5.01 Å². The molecule has 0 aromatic heterocycles. The van der Waals surface area contributed by atoms with Crippen LogP contribution in [0.1, 0.15) is 36.9 Å². The van der Waals surface area contributed by atoms with Gasteiger partial charge in [-0.2, -0.15) is 5.10 Å². The number of amides is 2. The number of hydrogen-bond donors (Lipinski definition) is 0. The molecule has 2 heterocycles. The summed E-state index contributed by atoms with van der Waals surface area (Å²) in [4.78, 5) is 30.3. The summed E-state index contributed by atoms with van der Waals surface area (Å²) in [5.74, 6) is 0.431. The number of carbonyl (C=O) groups is 2. The third-order valence-electron chi connectivity index (χ3n) is 6.60. The van der Waals surface area contributed by atoms with Gasteiger partial charge in [0.15, 0.2) is 0 Å². The second kappa shape index (κ2) is 12.3. The fourth-order valence-corrected chi connectivity index (χ4v) is 4.80. The van der Waals surface area contributed by atoms with Crippen molar-refractivity contribution in [3.05, 3.63) is 64.7 Å². The lowest BCUT2D eigenvalue weighted by Crippen LogP contribution is -2.46. The molecule has 2 amide bonds. The molecule has 0 aliphatic carbocycles. The average Bonchev–Trinajstić information content (AvgIpc) is 3.37. The van der Waals surface area contributed by atoms with Gasteiger partial charge in [-0.15, -0.1) is 0 Å². The first-order chi connectivity index (χ1) is 17.5. The van der Waals surface area contributed by atoms with E-state index in [1.54, 1.807) is 12.0 Å². The Balaban J connectivity index is 1.57. The van der Waals surface area contributed by atoms with Crippen LogP contribution in [0.4, 0.5) is 0 Å². The van der Waals surface area contributed by atoms with Crippen LogP contribution < -0.4 is 4.74 Å². The Morgan fingerprint density at radius 2 is 1.94 bits per heavy atom. The van der Waals surface area contributed by atoms with E-state index in [0.29, 0.717) is 44.2 Å². The van der Waals surface area contributed by atoms with Gasteiger partial charge in [0.1, 0.15) is 12.3 Å². The summed E-state index contributed by atoms with van der Waals surface area (Å²) in [6.45, 7) is 6.01. The second-order valence-corrected chi connectivity index (χ2v) is 9.29. The van der Waals surface area contributed by atoms with E-state index in [-0.39, 0.29) is 24.4 Å². The Morgan fingerprint density at radius 1 is 1.17 bits per heavy atom. The first-order valence-electron chi connectivity index (χ1n) is 12.4. The molecule has 9 heteroatoms. The molecule has 2 aliphatic rings. The summed E-state index contributed by atoms with van der Waals surface area (Å²) >= 11 is 6.54. The molecule has 0 spiro atoms. The van der Waals surface area contributed by atoms with Crippen molar-refractivity contribution in [2.24, 2.45) is 5.10 Å². The highest BCUT2D eigenvalue weighted by atomic mass is 35.5. The quantitative estimate of drug-likeness (QED) is 0.513. The van der Waals surface area contributed by atoms with Crippen LogP contribution in [0.5, 0.6) is 5.75 Å². The smallest absolute Gasteiger partial charge is 0.262 e. The van der Waals surface area contributed by atoms with Crippen LogP contribution in [0.15, 0.2) is 53.6 Å². The number of ether oxygens (including phenoxy) is 2. The topological polar surface area (TPSA) is 74.7 Å². The minimum atomic E-state index is -0.356. The number of rotatable bonds is 9. The van der Waals surface area contributed by atoms with Gasteiger partial charge in [-0.1, -0.05) is 48.9 Å². The highest BCUT2D eigenvalue weighted by molar-refractivity contribution is 6.31. The van der Waals surface area contributed by atoms with E-state index < -0.39 is 0 Å².